The minimum absolute atomic E-state index is 0.0460. The number of benzene rings is 1. The molecule has 1 aromatic rings. The number of aliphatic hydroxyl groups excluding tert-OH is 1. The smallest absolute Gasteiger partial charge is 0.388 e. The van der Waals surface area contributed by atoms with Gasteiger partial charge in [-0.3, -0.25) is 0 Å². The van der Waals surface area contributed by atoms with E-state index in [0.29, 0.717) is 5.92 Å². The summed E-state index contributed by atoms with van der Waals surface area (Å²) in [5.41, 5.74) is -1.14. The fourth-order valence-electron chi connectivity index (χ4n) is 3.35. The standard InChI is InChI=1S/C16H20F4O/c1-2-10-5-3-4-6-12(10)15(21)11-7-8-14(17)13(9-11)16(18,19)20/h7-10,12,15,21H,2-6H2,1H3. The molecule has 3 atom stereocenters. The summed E-state index contributed by atoms with van der Waals surface area (Å²) in [6.45, 7) is 2.03. The Morgan fingerprint density at radius 2 is 1.90 bits per heavy atom. The maximum Gasteiger partial charge on any atom is 0.419 e. The molecule has 0 bridgehead atoms. The molecule has 3 unspecified atom stereocenters. The Labute approximate surface area is 122 Å². The number of alkyl halides is 3. The molecular formula is C16H20F4O. The molecule has 1 fully saturated rings. The van der Waals surface area contributed by atoms with Crippen LogP contribution in [0, 0.1) is 17.7 Å². The Bertz CT molecular complexity index is 484. The SMILES string of the molecule is CCC1CCCCC1C(O)c1ccc(F)c(C(F)(F)F)c1. The van der Waals surface area contributed by atoms with Crippen LogP contribution < -0.4 is 0 Å². The molecule has 0 heterocycles. The van der Waals surface area contributed by atoms with Gasteiger partial charge in [-0.15, -0.1) is 0 Å². The van der Waals surface area contributed by atoms with E-state index in [1.807, 2.05) is 6.92 Å². The predicted molar refractivity (Wildman–Crippen MR) is 72.1 cm³/mol. The van der Waals surface area contributed by atoms with Gasteiger partial charge in [0.15, 0.2) is 0 Å². The van der Waals surface area contributed by atoms with E-state index in [9.17, 15) is 22.7 Å². The minimum atomic E-state index is -4.74. The lowest BCUT2D eigenvalue weighted by Gasteiger charge is -2.34. The van der Waals surface area contributed by atoms with Crippen molar-refractivity contribution in [2.75, 3.05) is 0 Å². The van der Waals surface area contributed by atoms with Crippen molar-refractivity contribution in [2.24, 2.45) is 11.8 Å². The summed E-state index contributed by atoms with van der Waals surface area (Å²) in [6.07, 6.45) is -0.933. The van der Waals surface area contributed by atoms with Gasteiger partial charge in [0.05, 0.1) is 11.7 Å². The van der Waals surface area contributed by atoms with E-state index in [2.05, 4.69) is 0 Å². The maximum atomic E-state index is 13.3. The Hall–Kier alpha value is -1.10. The van der Waals surface area contributed by atoms with E-state index in [-0.39, 0.29) is 11.5 Å². The van der Waals surface area contributed by atoms with Crippen molar-refractivity contribution in [2.45, 2.75) is 51.3 Å². The molecule has 118 valence electrons. The second-order valence-electron chi connectivity index (χ2n) is 5.80. The van der Waals surface area contributed by atoms with E-state index >= 15 is 0 Å². The number of hydrogen-bond acceptors (Lipinski definition) is 1. The van der Waals surface area contributed by atoms with Crippen LogP contribution >= 0.6 is 0 Å². The van der Waals surface area contributed by atoms with Crippen LogP contribution in [0.2, 0.25) is 0 Å². The van der Waals surface area contributed by atoms with Gasteiger partial charge in [-0.2, -0.15) is 13.2 Å². The Morgan fingerprint density at radius 1 is 1.24 bits per heavy atom. The molecule has 1 saturated carbocycles. The highest BCUT2D eigenvalue weighted by molar-refractivity contribution is 5.29. The topological polar surface area (TPSA) is 20.2 Å². The molecule has 1 aliphatic rings. The van der Waals surface area contributed by atoms with Crippen LogP contribution in [0.1, 0.15) is 56.3 Å². The lowest BCUT2D eigenvalue weighted by Crippen LogP contribution is -2.25. The van der Waals surface area contributed by atoms with Crippen molar-refractivity contribution in [1.29, 1.82) is 0 Å². The van der Waals surface area contributed by atoms with Crippen LogP contribution in [0.3, 0.4) is 0 Å². The lowest BCUT2D eigenvalue weighted by molar-refractivity contribution is -0.140. The van der Waals surface area contributed by atoms with Crippen molar-refractivity contribution >= 4 is 0 Å². The van der Waals surface area contributed by atoms with Gasteiger partial charge >= 0.3 is 6.18 Å². The molecule has 1 aliphatic carbocycles. The molecule has 1 aromatic carbocycles. The van der Waals surface area contributed by atoms with E-state index in [1.54, 1.807) is 0 Å². The first-order chi connectivity index (χ1) is 9.84. The van der Waals surface area contributed by atoms with Crippen molar-refractivity contribution in [3.05, 3.63) is 35.1 Å². The van der Waals surface area contributed by atoms with Crippen LogP contribution in [-0.4, -0.2) is 5.11 Å². The van der Waals surface area contributed by atoms with Gasteiger partial charge in [-0.05, 0) is 36.0 Å². The van der Waals surface area contributed by atoms with Gasteiger partial charge in [0, 0.05) is 0 Å². The van der Waals surface area contributed by atoms with E-state index in [1.165, 1.54) is 6.07 Å². The van der Waals surface area contributed by atoms with Gasteiger partial charge in [-0.25, -0.2) is 4.39 Å². The molecule has 2 rings (SSSR count). The van der Waals surface area contributed by atoms with Crippen molar-refractivity contribution in [3.8, 4) is 0 Å². The number of rotatable bonds is 3. The summed E-state index contributed by atoms with van der Waals surface area (Å²) in [4.78, 5) is 0. The fourth-order valence-corrected chi connectivity index (χ4v) is 3.35. The van der Waals surface area contributed by atoms with Crippen LogP contribution in [-0.2, 0) is 6.18 Å². The largest absolute Gasteiger partial charge is 0.419 e. The molecule has 21 heavy (non-hydrogen) atoms. The van der Waals surface area contributed by atoms with Crippen LogP contribution in [0.5, 0.6) is 0 Å². The quantitative estimate of drug-likeness (QED) is 0.771. The zero-order valence-electron chi connectivity index (χ0n) is 12.0. The first kappa shape index (κ1) is 16.3. The van der Waals surface area contributed by atoms with Gasteiger partial charge in [0.2, 0.25) is 0 Å². The Balaban J connectivity index is 2.28. The van der Waals surface area contributed by atoms with Crippen LogP contribution in [0.25, 0.3) is 0 Å². The predicted octanol–water partition coefficient (Wildman–Crippen LogP) is 5.09. The molecular weight excluding hydrogens is 284 g/mol. The lowest BCUT2D eigenvalue weighted by atomic mass is 9.73. The Kier molecular flexibility index (Phi) is 4.91. The molecule has 0 aliphatic heterocycles. The van der Waals surface area contributed by atoms with Gasteiger partial charge in [0.1, 0.15) is 5.82 Å². The molecule has 0 aromatic heterocycles. The summed E-state index contributed by atoms with van der Waals surface area (Å²) in [5.74, 6) is -1.03. The number of hydrogen-bond donors (Lipinski definition) is 1. The zero-order valence-corrected chi connectivity index (χ0v) is 12.0. The average molecular weight is 304 g/mol. The highest BCUT2D eigenvalue weighted by Crippen LogP contribution is 2.41. The highest BCUT2D eigenvalue weighted by atomic mass is 19.4. The average Bonchev–Trinajstić information content (AvgIpc) is 2.45. The number of aliphatic hydroxyl groups is 1. The van der Waals surface area contributed by atoms with Crippen molar-refractivity contribution < 1.29 is 22.7 Å². The molecule has 0 amide bonds. The first-order valence-electron chi connectivity index (χ1n) is 7.39. The van der Waals surface area contributed by atoms with Gasteiger partial charge in [0.25, 0.3) is 0 Å². The molecule has 0 radical (unpaired) electrons. The van der Waals surface area contributed by atoms with E-state index < -0.39 is 23.7 Å². The van der Waals surface area contributed by atoms with Gasteiger partial charge < -0.3 is 5.11 Å². The Morgan fingerprint density at radius 3 is 2.52 bits per heavy atom. The van der Waals surface area contributed by atoms with E-state index in [4.69, 9.17) is 0 Å². The third kappa shape index (κ3) is 3.57. The normalized spacial score (nSPS) is 24.9. The van der Waals surface area contributed by atoms with Crippen molar-refractivity contribution in [1.82, 2.24) is 0 Å². The molecule has 1 N–H and O–H groups in total. The maximum absolute atomic E-state index is 13.3. The van der Waals surface area contributed by atoms with Crippen molar-refractivity contribution in [3.63, 3.8) is 0 Å². The summed E-state index contributed by atoms with van der Waals surface area (Å²) in [5, 5.41) is 10.4. The molecule has 0 saturated heterocycles. The summed E-state index contributed by atoms with van der Waals surface area (Å²) in [6, 6.07) is 2.81. The van der Waals surface area contributed by atoms with Gasteiger partial charge in [-0.1, -0.05) is 38.7 Å². The summed E-state index contributed by atoms with van der Waals surface area (Å²) >= 11 is 0. The summed E-state index contributed by atoms with van der Waals surface area (Å²) < 4.78 is 51.6. The van der Waals surface area contributed by atoms with Crippen LogP contribution in [0.15, 0.2) is 18.2 Å². The number of halogens is 4. The van der Waals surface area contributed by atoms with E-state index in [0.717, 1.165) is 44.2 Å². The fraction of sp³-hybridized carbons (Fsp3) is 0.625. The minimum Gasteiger partial charge on any atom is -0.388 e. The third-order valence-electron chi connectivity index (χ3n) is 4.54. The zero-order chi connectivity index (χ0) is 15.6. The first-order valence-corrected chi connectivity index (χ1v) is 7.39. The third-order valence-corrected chi connectivity index (χ3v) is 4.54. The highest BCUT2D eigenvalue weighted by Gasteiger charge is 2.36. The second kappa shape index (κ2) is 6.34. The summed E-state index contributed by atoms with van der Waals surface area (Å²) in [7, 11) is 0. The molecule has 1 nitrogen and oxygen atoms in total. The second-order valence-corrected chi connectivity index (χ2v) is 5.80. The van der Waals surface area contributed by atoms with Crippen LogP contribution in [0.4, 0.5) is 17.6 Å². The molecule has 0 spiro atoms. The monoisotopic (exact) mass is 304 g/mol. The molecule has 5 heteroatoms.